The lowest BCUT2D eigenvalue weighted by Gasteiger charge is -2.21. The van der Waals surface area contributed by atoms with Crippen molar-refractivity contribution in [2.24, 2.45) is 0 Å². The van der Waals surface area contributed by atoms with E-state index in [0.717, 1.165) is 16.0 Å². The van der Waals surface area contributed by atoms with Crippen LogP contribution in [0.25, 0.3) is 0 Å². The molecule has 0 unspecified atom stereocenters. The third-order valence-electron chi connectivity index (χ3n) is 5.02. The number of sulfonamides is 1. The van der Waals surface area contributed by atoms with Gasteiger partial charge < -0.3 is 4.74 Å². The van der Waals surface area contributed by atoms with Gasteiger partial charge in [-0.2, -0.15) is 0 Å². The minimum absolute atomic E-state index is 0.0344. The van der Waals surface area contributed by atoms with Gasteiger partial charge in [-0.1, -0.05) is 31.2 Å². The van der Waals surface area contributed by atoms with Crippen LogP contribution in [-0.4, -0.2) is 27.3 Å². The maximum atomic E-state index is 13.1. The quantitative estimate of drug-likeness (QED) is 0.700. The van der Waals surface area contributed by atoms with Crippen LogP contribution in [0.4, 0.5) is 5.69 Å². The Morgan fingerprint density at radius 2 is 1.76 bits per heavy atom. The average molecular weight is 416 g/mol. The maximum Gasteiger partial charge on any atom is 0.241 e. The van der Waals surface area contributed by atoms with Gasteiger partial charge in [-0.15, -0.1) is 0 Å². The molecule has 7 nitrogen and oxygen atoms in total. The minimum atomic E-state index is -3.90. The molecule has 0 saturated carbocycles. The van der Waals surface area contributed by atoms with Crippen molar-refractivity contribution in [1.82, 2.24) is 4.72 Å². The number of imide groups is 1. The third kappa shape index (κ3) is 4.18. The number of methoxy groups -OCH3 is 1. The second-order valence-electron chi connectivity index (χ2n) is 6.90. The average Bonchev–Trinajstić information content (AvgIpc) is 3.04. The predicted molar refractivity (Wildman–Crippen MR) is 109 cm³/mol. The minimum Gasteiger partial charge on any atom is -0.495 e. The third-order valence-corrected chi connectivity index (χ3v) is 6.49. The lowest BCUT2D eigenvalue weighted by molar-refractivity contribution is -0.121. The molecule has 154 valence electrons. The first kappa shape index (κ1) is 21.0. The molecule has 1 aliphatic heterocycles. The maximum absolute atomic E-state index is 13.1. The van der Waals surface area contributed by atoms with E-state index in [1.54, 1.807) is 0 Å². The van der Waals surface area contributed by atoms with Crippen LogP contribution in [0.1, 0.15) is 43.4 Å². The summed E-state index contributed by atoms with van der Waals surface area (Å²) in [5, 5.41) is 0. The summed E-state index contributed by atoms with van der Waals surface area (Å²) in [4.78, 5) is 25.3. The monoisotopic (exact) mass is 416 g/mol. The molecule has 2 amide bonds. The zero-order valence-corrected chi connectivity index (χ0v) is 17.5. The Bertz CT molecular complexity index is 1030. The molecule has 1 aliphatic rings. The fourth-order valence-electron chi connectivity index (χ4n) is 3.46. The molecular weight excluding hydrogens is 392 g/mol. The van der Waals surface area contributed by atoms with E-state index in [0.29, 0.717) is 6.42 Å². The van der Waals surface area contributed by atoms with Gasteiger partial charge in [0, 0.05) is 18.9 Å². The second-order valence-corrected chi connectivity index (χ2v) is 8.61. The highest BCUT2D eigenvalue weighted by atomic mass is 32.2. The molecule has 0 radical (unpaired) electrons. The molecular formula is C21H24N2O5S. The van der Waals surface area contributed by atoms with Crippen molar-refractivity contribution in [2.75, 3.05) is 12.0 Å². The highest BCUT2D eigenvalue weighted by Crippen LogP contribution is 2.34. The number of benzene rings is 2. The molecule has 0 bridgehead atoms. The molecule has 2 aromatic rings. The van der Waals surface area contributed by atoms with Crippen molar-refractivity contribution >= 4 is 27.5 Å². The van der Waals surface area contributed by atoms with E-state index in [1.807, 2.05) is 38.1 Å². The Morgan fingerprint density at radius 1 is 1.10 bits per heavy atom. The number of amides is 2. The topological polar surface area (TPSA) is 92.8 Å². The number of nitrogens with zero attached hydrogens (tertiary/aromatic N) is 1. The molecule has 1 atom stereocenters. The molecule has 1 heterocycles. The van der Waals surface area contributed by atoms with Crippen LogP contribution < -0.4 is 14.4 Å². The number of aryl methyl sites for hydroxylation is 1. The number of rotatable bonds is 7. The van der Waals surface area contributed by atoms with Gasteiger partial charge in [-0.25, -0.2) is 18.0 Å². The Hall–Kier alpha value is -2.71. The molecule has 0 aliphatic carbocycles. The zero-order chi connectivity index (χ0) is 21.2. The van der Waals surface area contributed by atoms with Crippen LogP contribution in [0, 0.1) is 6.92 Å². The summed E-state index contributed by atoms with van der Waals surface area (Å²) in [5.74, 6) is -0.484. The van der Waals surface area contributed by atoms with Crippen LogP contribution in [0.5, 0.6) is 5.75 Å². The normalized spacial score (nSPS) is 15.6. The summed E-state index contributed by atoms with van der Waals surface area (Å²) >= 11 is 0. The first-order chi connectivity index (χ1) is 13.8. The van der Waals surface area contributed by atoms with Crippen LogP contribution >= 0.6 is 0 Å². The van der Waals surface area contributed by atoms with E-state index >= 15 is 0 Å². The van der Waals surface area contributed by atoms with E-state index in [1.165, 1.54) is 25.3 Å². The number of hydrogen-bond donors (Lipinski definition) is 1. The van der Waals surface area contributed by atoms with Gasteiger partial charge in [0.1, 0.15) is 5.75 Å². The van der Waals surface area contributed by atoms with Crippen LogP contribution in [0.15, 0.2) is 47.4 Å². The van der Waals surface area contributed by atoms with Crippen molar-refractivity contribution in [2.45, 2.75) is 44.0 Å². The van der Waals surface area contributed by atoms with Crippen molar-refractivity contribution in [3.63, 3.8) is 0 Å². The van der Waals surface area contributed by atoms with E-state index < -0.39 is 16.1 Å². The zero-order valence-electron chi connectivity index (χ0n) is 16.6. The molecule has 1 fully saturated rings. The summed E-state index contributed by atoms with van der Waals surface area (Å²) in [6.07, 6.45) is 0.765. The Morgan fingerprint density at radius 3 is 2.34 bits per heavy atom. The van der Waals surface area contributed by atoms with Crippen molar-refractivity contribution in [3.05, 3.63) is 53.6 Å². The van der Waals surface area contributed by atoms with E-state index in [4.69, 9.17) is 4.74 Å². The van der Waals surface area contributed by atoms with Gasteiger partial charge in [0.25, 0.3) is 0 Å². The lowest BCUT2D eigenvalue weighted by Crippen LogP contribution is -2.31. The SMILES string of the molecule is CC[C@@H](NS(=O)(=O)c1ccc(OC)c(N2C(=O)CCC2=O)c1)c1ccccc1C. The number of carbonyl (C=O) groups excluding carboxylic acids is 2. The highest BCUT2D eigenvalue weighted by molar-refractivity contribution is 7.89. The summed E-state index contributed by atoms with van der Waals surface area (Å²) < 4.78 is 34.1. The molecule has 1 saturated heterocycles. The van der Waals surface area contributed by atoms with Crippen molar-refractivity contribution in [3.8, 4) is 5.75 Å². The number of ether oxygens (including phenoxy) is 1. The second kappa shape index (κ2) is 8.34. The number of nitrogens with one attached hydrogen (secondary N) is 1. The molecule has 2 aromatic carbocycles. The van der Waals surface area contributed by atoms with Gasteiger partial charge in [0.15, 0.2) is 0 Å². The van der Waals surface area contributed by atoms with Gasteiger partial charge in [-0.3, -0.25) is 9.59 Å². The predicted octanol–water partition coefficient (Wildman–Crippen LogP) is 3.09. The number of anilines is 1. The Balaban J connectivity index is 1.98. The van der Waals surface area contributed by atoms with Crippen molar-refractivity contribution < 1.29 is 22.7 Å². The smallest absolute Gasteiger partial charge is 0.241 e. The van der Waals surface area contributed by atoms with Crippen LogP contribution in [0.2, 0.25) is 0 Å². The Kier molecular flexibility index (Phi) is 6.04. The van der Waals surface area contributed by atoms with Crippen molar-refractivity contribution in [1.29, 1.82) is 0 Å². The highest BCUT2D eigenvalue weighted by Gasteiger charge is 2.33. The van der Waals surface area contributed by atoms with Gasteiger partial charge in [0.2, 0.25) is 21.8 Å². The summed E-state index contributed by atoms with van der Waals surface area (Å²) in [6, 6.07) is 11.4. The lowest BCUT2D eigenvalue weighted by atomic mass is 10.0. The largest absolute Gasteiger partial charge is 0.495 e. The standard InChI is InChI=1S/C21H24N2O5S/c1-4-17(16-8-6-5-7-14(16)2)22-29(26,27)15-9-10-19(28-3)18(13-15)23-20(24)11-12-21(23)25/h5-10,13,17,22H,4,11-12H2,1-3H3/t17-/m1/s1. The van der Waals surface area contributed by atoms with Crippen LogP contribution in [0.3, 0.4) is 0 Å². The molecule has 0 spiro atoms. The number of carbonyl (C=O) groups is 2. The van der Waals surface area contributed by atoms with Gasteiger partial charge in [-0.05, 0) is 42.7 Å². The van der Waals surface area contributed by atoms with Crippen LogP contribution in [-0.2, 0) is 19.6 Å². The summed E-state index contributed by atoms with van der Waals surface area (Å²) in [6.45, 7) is 3.84. The first-order valence-corrected chi connectivity index (χ1v) is 10.9. The van der Waals surface area contributed by atoms with E-state index in [9.17, 15) is 18.0 Å². The molecule has 1 N–H and O–H groups in total. The number of hydrogen-bond acceptors (Lipinski definition) is 5. The van der Waals surface area contributed by atoms with E-state index in [2.05, 4.69) is 4.72 Å². The summed E-state index contributed by atoms with van der Waals surface area (Å²) in [5.41, 5.74) is 2.04. The fraction of sp³-hybridized carbons (Fsp3) is 0.333. The van der Waals surface area contributed by atoms with Gasteiger partial charge >= 0.3 is 0 Å². The fourth-order valence-corrected chi connectivity index (χ4v) is 4.78. The Labute approximate surface area is 170 Å². The van der Waals surface area contributed by atoms with E-state index in [-0.39, 0.29) is 41.0 Å². The van der Waals surface area contributed by atoms with Gasteiger partial charge in [0.05, 0.1) is 17.7 Å². The first-order valence-electron chi connectivity index (χ1n) is 9.40. The summed E-state index contributed by atoms with van der Waals surface area (Å²) in [7, 11) is -2.50. The molecule has 0 aromatic heterocycles. The molecule has 29 heavy (non-hydrogen) atoms. The molecule has 8 heteroatoms. The molecule has 3 rings (SSSR count).